The monoisotopic (exact) mass is 335 g/mol. The highest BCUT2D eigenvalue weighted by Crippen LogP contribution is 2.29. The van der Waals surface area contributed by atoms with E-state index in [1.165, 1.54) is 11.1 Å². The number of hydrogen-bond donors (Lipinski definition) is 1. The first-order valence-corrected chi connectivity index (χ1v) is 7.97. The molecule has 1 heterocycles. The van der Waals surface area contributed by atoms with Gasteiger partial charge in [0.05, 0.1) is 6.04 Å². The average Bonchev–Trinajstić information content (AvgIpc) is 2.88. The standard InChI is InChI=1S/C16H22BrN3/c1-4-9-20-10-8-19-16(20)15(18-5-2)13-11-12(3)6-7-14(13)17/h6-8,10-11,15,18H,4-5,9H2,1-3H3. The van der Waals surface area contributed by atoms with E-state index in [0.717, 1.165) is 29.8 Å². The van der Waals surface area contributed by atoms with Crippen LogP contribution < -0.4 is 5.32 Å². The molecule has 1 atom stereocenters. The Balaban J connectivity index is 2.44. The van der Waals surface area contributed by atoms with Gasteiger partial charge in [-0.2, -0.15) is 0 Å². The Kier molecular flexibility index (Phi) is 5.38. The molecular formula is C16H22BrN3. The van der Waals surface area contributed by atoms with Gasteiger partial charge in [-0.1, -0.05) is 47.5 Å². The normalized spacial score (nSPS) is 12.6. The van der Waals surface area contributed by atoms with Crippen molar-refractivity contribution >= 4 is 15.9 Å². The summed E-state index contributed by atoms with van der Waals surface area (Å²) in [6.45, 7) is 8.35. The van der Waals surface area contributed by atoms with Crippen molar-refractivity contribution in [2.24, 2.45) is 0 Å². The predicted octanol–water partition coefficient (Wildman–Crippen LogP) is 4.06. The van der Waals surface area contributed by atoms with E-state index in [0.29, 0.717) is 0 Å². The van der Waals surface area contributed by atoms with Crippen LogP contribution in [0.4, 0.5) is 0 Å². The van der Waals surface area contributed by atoms with Crippen LogP contribution in [0.3, 0.4) is 0 Å². The summed E-state index contributed by atoms with van der Waals surface area (Å²) < 4.78 is 3.36. The number of benzene rings is 1. The van der Waals surface area contributed by atoms with Crippen LogP contribution in [-0.2, 0) is 6.54 Å². The van der Waals surface area contributed by atoms with Crippen molar-refractivity contribution in [3.05, 3.63) is 52.0 Å². The summed E-state index contributed by atoms with van der Waals surface area (Å²) in [7, 11) is 0. The number of hydrogen-bond acceptors (Lipinski definition) is 2. The lowest BCUT2D eigenvalue weighted by Crippen LogP contribution is -2.25. The van der Waals surface area contributed by atoms with Crippen molar-refractivity contribution in [2.75, 3.05) is 6.54 Å². The van der Waals surface area contributed by atoms with E-state index in [-0.39, 0.29) is 6.04 Å². The number of imidazole rings is 1. The Labute approximate surface area is 129 Å². The Morgan fingerprint density at radius 2 is 2.15 bits per heavy atom. The van der Waals surface area contributed by atoms with Crippen LogP contribution in [0.5, 0.6) is 0 Å². The molecule has 0 saturated carbocycles. The second-order valence-corrected chi connectivity index (χ2v) is 5.85. The highest BCUT2D eigenvalue weighted by atomic mass is 79.9. The number of nitrogens with one attached hydrogen (secondary N) is 1. The van der Waals surface area contributed by atoms with Crippen LogP contribution in [0, 0.1) is 6.92 Å². The second-order valence-electron chi connectivity index (χ2n) is 4.99. The van der Waals surface area contributed by atoms with Gasteiger partial charge in [0.2, 0.25) is 0 Å². The van der Waals surface area contributed by atoms with Crippen molar-refractivity contribution in [3.63, 3.8) is 0 Å². The fourth-order valence-electron chi connectivity index (χ4n) is 2.44. The second kappa shape index (κ2) is 7.04. The molecule has 108 valence electrons. The number of aromatic nitrogens is 2. The van der Waals surface area contributed by atoms with Crippen LogP contribution in [0.2, 0.25) is 0 Å². The van der Waals surface area contributed by atoms with Gasteiger partial charge in [-0.15, -0.1) is 0 Å². The maximum atomic E-state index is 4.58. The minimum atomic E-state index is 0.121. The minimum Gasteiger partial charge on any atom is -0.333 e. The summed E-state index contributed by atoms with van der Waals surface area (Å²) in [5, 5.41) is 3.55. The van der Waals surface area contributed by atoms with Crippen LogP contribution in [0.25, 0.3) is 0 Å². The Bertz CT molecular complexity index is 563. The van der Waals surface area contributed by atoms with Gasteiger partial charge < -0.3 is 9.88 Å². The van der Waals surface area contributed by atoms with Crippen molar-refractivity contribution in [1.82, 2.24) is 14.9 Å². The SMILES string of the molecule is CCCn1ccnc1C(NCC)c1cc(C)ccc1Br. The third-order valence-corrected chi connectivity index (χ3v) is 4.06. The first-order valence-electron chi connectivity index (χ1n) is 7.17. The van der Waals surface area contributed by atoms with Gasteiger partial charge in [0.25, 0.3) is 0 Å². The first-order chi connectivity index (χ1) is 9.67. The molecule has 0 radical (unpaired) electrons. The number of halogens is 1. The molecule has 1 N–H and O–H groups in total. The van der Waals surface area contributed by atoms with Crippen LogP contribution >= 0.6 is 15.9 Å². The average molecular weight is 336 g/mol. The fraction of sp³-hybridized carbons (Fsp3) is 0.438. The van der Waals surface area contributed by atoms with Crippen LogP contribution in [0.1, 0.15) is 43.3 Å². The lowest BCUT2D eigenvalue weighted by molar-refractivity contribution is 0.542. The molecule has 0 aliphatic carbocycles. The Hall–Kier alpha value is -1.13. The van der Waals surface area contributed by atoms with Gasteiger partial charge >= 0.3 is 0 Å². The molecule has 1 unspecified atom stereocenters. The van der Waals surface area contributed by atoms with E-state index in [1.807, 2.05) is 6.20 Å². The summed E-state index contributed by atoms with van der Waals surface area (Å²) in [4.78, 5) is 4.58. The zero-order valence-corrected chi connectivity index (χ0v) is 13.9. The molecule has 2 rings (SSSR count). The van der Waals surface area contributed by atoms with Gasteiger partial charge in [0, 0.05) is 23.4 Å². The molecule has 0 aliphatic rings. The van der Waals surface area contributed by atoms with E-state index < -0.39 is 0 Å². The molecule has 0 amide bonds. The number of rotatable bonds is 6. The quantitative estimate of drug-likeness (QED) is 0.862. The Morgan fingerprint density at radius 3 is 2.85 bits per heavy atom. The summed E-state index contributed by atoms with van der Waals surface area (Å²) in [6.07, 6.45) is 5.06. The molecule has 4 heteroatoms. The molecule has 20 heavy (non-hydrogen) atoms. The van der Waals surface area contributed by atoms with Crippen molar-refractivity contribution < 1.29 is 0 Å². The maximum absolute atomic E-state index is 4.58. The number of nitrogens with zero attached hydrogens (tertiary/aromatic N) is 2. The summed E-state index contributed by atoms with van der Waals surface area (Å²) >= 11 is 3.67. The van der Waals surface area contributed by atoms with E-state index in [2.05, 4.69) is 76.0 Å². The number of aryl methyl sites for hydroxylation is 2. The molecule has 0 aliphatic heterocycles. The maximum Gasteiger partial charge on any atom is 0.130 e. The van der Waals surface area contributed by atoms with Gasteiger partial charge in [0.15, 0.2) is 0 Å². The van der Waals surface area contributed by atoms with E-state index in [4.69, 9.17) is 0 Å². The minimum absolute atomic E-state index is 0.121. The fourth-order valence-corrected chi connectivity index (χ4v) is 2.92. The van der Waals surface area contributed by atoms with Crippen molar-refractivity contribution in [1.29, 1.82) is 0 Å². The molecule has 0 saturated heterocycles. The molecule has 0 bridgehead atoms. The summed E-state index contributed by atoms with van der Waals surface area (Å²) in [6, 6.07) is 6.58. The van der Waals surface area contributed by atoms with E-state index >= 15 is 0 Å². The molecule has 2 aromatic rings. The smallest absolute Gasteiger partial charge is 0.130 e. The van der Waals surface area contributed by atoms with Gasteiger partial charge in [-0.05, 0) is 31.5 Å². The third-order valence-electron chi connectivity index (χ3n) is 3.34. The van der Waals surface area contributed by atoms with Crippen LogP contribution in [0.15, 0.2) is 35.1 Å². The highest BCUT2D eigenvalue weighted by molar-refractivity contribution is 9.10. The first kappa shape index (κ1) is 15.3. The molecule has 0 spiro atoms. The van der Waals surface area contributed by atoms with E-state index in [1.54, 1.807) is 0 Å². The largest absolute Gasteiger partial charge is 0.333 e. The van der Waals surface area contributed by atoms with E-state index in [9.17, 15) is 0 Å². The topological polar surface area (TPSA) is 29.9 Å². The molecule has 1 aromatic heterocycles. The molecule has 1 aromatic carbocycles. The predicted molar refractivity (Wildman–Crippen MR) is 86.9 cm³/mol. The van der Waals surface area contributed by atoms with Gasteiger partial charge in [-0.25, -0.2) is 4.98 Å². The Morgan fingerprint density at radius 1 is 1.35 bits per heavy atom. The van der Waals surface area contributed by atoms with Gasteiger partial charge in [0.1, 0.15) is 5.82 Å². The van der Waals surface area contributed by atoms with Crippen molar-refractivity contribution in [3.8, 4) is 0 Å². The lowest BCUT2D eigenvalue weighted by Gasteiger charge is -2.21. The summed E-state index contributed by atoms with van der Waals surface area (Å²) in [5.41, 5.74) is 2.51. The molecule has 3 nitrogen and oxygen atoms in total. The molecular weight excluding hydrogens is 314 g/mol. The zero-order chi connectivity index (χ0) is 14.5. The van der Waals surface area contributed by atoms with Gasteiger partial charge in [-0.3, -0.25) is 0 Å². The molecule has 0 fully saturated rings. The third kappa shape index (κ3) is 3.30. The zero-order valence-electron chi connectivity index (χ0n) is 12.4. The van der Waals surface area contributed by atoms with Crippen molar-refractivity contribution in [2.45, 2.75) is 39.8 Å². The van der Waals surface area contributed by atoms with Crippen LogP contribution in [-0.4, -0.2) is 16.1 Å². The lowest BCUT2D eigenvalue weighted by atomic mass is 10.0. The highest BCUT2D eigenvalue weighted by Gasteiger charge is 2.20. The summed E-state index contributed by atoms with van der Waals surface area (Å²) in [5.74, 6) is 1.08.